The van der Waals surface area contributed by atoms with Crippen molar-refractivity contribution < 1.29 is 4.92 Å². The van der Waals surface area contributed by atoms with E-state index in [2.05, 4.69) is 29.2 Å². The van der Waals surface area contributed by atoms with Crippen LogP contribution in [0.2, 0.25) is 0 Å². The first kappa shape index (κ1) is 17.7. The van der Waals surface area contributed by atoms with Crippen LogP contribution in [-0.4, -0.2) is 18.0 Å². The molecule has 0 spiro atoms. The molecule has 5 heteroatoms. The van der Waals surface area contributed by atoms with Gasteiger partial charge in [-0.1, -0.05) is 42.5 Å². The van der Waals surface area contributed by atoms with E-state index in [1.165, 1.54) is 30.7 Å². The third kappa shape index (κ3) is 3.33. The van der Waals surface area contributed by atoms with Gasteiger partial charge in [0.25, 0.3) is 5.69 Å². The summed E-state index contributed by atoms with van der Waals surface area (Å²) in [6.07, 6.45) is 4.23. The molecule has 1 saturated heterocycles. The molecule has 4 rings (SSSR count). The van der Waals surface area contributed by atoms with Crippen LogP contribution >= 0.6 is 0 Å². The van der Waals surface area contributed by atoms with Gasteiger partial charge in [0, 0.05) is 36.3 Å². The van der Waals surface area contributed by atoms with Gasteiger partial charge in [0.1, 0.15) is 0 Å². The Morgan fingerprint density at radius 2 is 1.79 bits per heavy atom. The number of benzene rings is 3. The van der Waals surface area contributed by atoms with Crippen LogP contribution in [-0.2, 0) is 0 Å². The van der Waals surface area contributed by atoms with Gasteiger partial charge < -0.3 is 4.90 Å². The highest BCUT2D eigenvalue weighted by molar-refractivity contribution is 6.03. The largest absolute Gasteiger partial charge is 0.371 e. The Kier molecular flexibility index (Phi) is 4.77. The van der Waals surface area contributed by atoms with Crippen LogP contribution in [0.4, 0.5) is 11.4 Å². The normalized spacial score (nSPS) is 14.2. The minimum Gasteiger partial charge on any atom is -0.371 e. The molecule has 0 amide bonds. The number of allylic oxidation sites excluding steroid dienone is 1. The molecule has 1 aliphatic heterocycles. The second-order valence-corrected chi connectivity index (χ2v) is 6.89. The van der Waals surface area contributed by atoms with E-state index >= 15 is 0 Å². The van der Waals surface area contributed by atoms with E-state index in [1.54, 1.807) is 12.1 Å². The minimum absolute atomic E-state index is 0.0205. The fourth-order valence-corrected chi connectivity index (χ4v) is 3.79. The van der Waals surface area contributed by atoms with Gasteiger partial charge in [0.05, 0.1) is 16.6 Å². The summed E-state index contributed by atoms with van der Waals surface area (Å²) >= 11 is 0. The van der Waals surface area contributed by atoms with Crippen LogP contribution in [0.25, 0.3) is 22.4 Å². The molecule has 0 aliphatic carbocycles. The molecule has 1 aliphatic rings. The van der Waals surface area contributed by atoms with Crippen LogP contribution in [0.3, 0.4) is 0 Å². The minimum atomic E-state index is -0.446. The molecule has 0 saturated carbocycles. The number of fused-ring (bicyclic) bond motifs is 1. The Morgan fingerprint density at radius 3 is 2.50 bits per heavy atom. The molecule has 0 bridgehead atoms. The van der Waals surface area contributed by atoms with Gasteiger partial charge in [-0.3, -0.25) is 10.1 Å². The van der Waals surface area contributed by atoms with Gasteiger partial charge in [0.2, 0.25) is 0 Å². The van der Waals surface area contributed by atoms with Crippen LogP contribution in [0.15, 0.2) is 60.7 Å². The zero-order valence-electron chi connectivity index (χ0n) is 15.3. The maximum atomic E-state index is 11.1. The van der Waals surface area contributed by atoms with Crippen molar-refractivity contribution in [3.63, 3.8) is 0 Å². The monoisotopic (exact) mass is 369 g/mol. The van der Waals surface area contributed by atoms with Gasteiger partial charge in [-0.15, -0.1) is 0 Å². The first-order valence-corrected chi connectivity index (χ1v) is 9.31. The molecule has 3 aromatic carbocycles. The summed E-state index contributed by atoms with van der Waals surface area (Å²) in [6, 6.07) is 20.7. The topological polar surface area (TPSA) is 70.2 Å². The summed E-state index contributed by atoms with van der Waals surface area (Å²) in [7, 11) is 0. The van der Waals surface area contributed by atoms with E-state index in [9.17, 15) is 15.4 Å². The SMILES string of the molecule is N#CC(=Cc1ccc(N2CCCC2)c2ccccc12)c1cccc([N+](=O)[O-])c1. The van der Waals surface area contributed by atoms with Gasteiger partial charge in [-0.2, -0.15) is 5.26 Å². The lowest BCUT2D eigenvalue weighted by atomic mass is 9.98. The van der Waals surface area contributed by atoms with Crippen LogP contribution in [0, 0.1) is 21.4 Å². The fraction of sp³-hybridized carbons (Fsp3) is 0.174. The number of nitrogens with zero attached hydrogens (tertiary/aromatic N) is 3. The van der Waals surface area contributed by atoms with Gasteiger partial charge in [-0.05, 0) is 41.5 Å². The molecule has 138 valence electrons. The molecule has 0 atom stereocenters. The van der Waals surface area contributed by atoms with Crippen molar-refractivity contribution in [3.05, 3.63) is 81.9 Å². The summed E-state index contributed by atoms with van der Waals surface area (Å²) in [6.45, 7) is 2.13. The first-order chi connectivity index (χ1) is 13.7. The van der Waals surface area contributed by atoms with Crippen LogP contribution in [0.5, 0.6) is 0 Å². The lowest BCUT2D eigenvalue weighted by molar-refractivity contribution is -0.384. The number of hydrogen-bond acceptors (Lipinski definition) is 4. The lowest BCUT2D eigenvalue weighted by Gasteiger charge is -2.20. The molecule has 1 fully saturated rings. The Hall–Kier alpha value is -3.65. The fourth-order valence-electron chi connectivity index (χ4n) is 3.79. The molecule has 0 unspecified atom stereocenters. The van der Waals surface area contributed by atoms with E-state index in [1.807, 2.05) is 24.3 Å². The number of anilines is 1. The van der Waals surface area contributed by atoms with Gasteiger partial charge in [0.15, 0.2) is 0 Å². The summed E-state index contributed by atoms with van der Waals surface area (Å²) in [5.74, 6) is 0. The average molecular weight is 369 g/mol. The van der Waals surface area contributed by atoms with Crippen molar-refractivity contribution in [2.24, 2.45) is 0 Å². The Bertz CT molecular complexity index is 1120. The maximum Gasteiger partial charge on any atom is 0.270 e. The van der Waals surface area contributed by atoms with Crippen molar-refractivity contribution >= 4 is 33.8 Å². The molecule has 1 heterocycles. The van der Waals surface area contributed by atoms with Crippen molar-refractivity contribution in [3.8, 4) is 6.07 Å². The third-order valence-corrected chi connectivity index (χ3v) is 5.17. The standard InChI is InChI=1S/C23H19N3O2/c24-16-19(17-6-5-7-20(15-17)26(27)28)14-18-10-11-23(25-12-3-4-13-25)22-9-2-1-8-21(18)22/h1-2,5-11,14-15H,3-4,12-13H2. The van der Waals surface area contributed by atoms with E-state index in [0.717, 1.165) is 29.4 Å². The second-order valence-electron chi connectivity index (χ2n) is 6.89. The van der Waals surface area contributed by atoms with Crippen molar-refractivity contribution in [2.45, 2.75) is 12.8 Å². The highest BCUT2D eigenvalue weighted by Gasteiger charge is 2.16. The zero-order valence-corrected chi connectivity index (χ0v) is 15.3. The second kappa shape index (κ2) is 7.53. The van der Waals surface area contributed by atoms with E-state index < -0.39 is 4.92 Å². The molecule has 0 aromatic heterocycles. The highest BCUT2D eigenvalue weighted by atomic mass is 16.6. The summed E-state index contributed by atoms with van der Waals surface area (Å²) in [5, 5.41) is 23.0. The Balaban J connectivity index is 1.82. The number of rotatable bonds is 4. The molecule has 0 N–H and O–H groups in total. The van der Waals surface area contributed by atoms with Crippen LogP contribution in [0.1, 0.15) is 24.0 Å². The zero-order chi connectivity index (χ0) is 19.5. The molecular formula is C23H19N3O2. The molecule has 3 aromatic rings. The number of nitro benzene ring substituents is 1. The smallest absolute Gasteiger partial charge is 0.270 e. The first-order valence-electron chi connectivity index (χ1n) is 9.31. The summed E-state index contributed by atoms with van der Waals surface area (Å²) < 4.78 is 0. The summed E-state index contributed by atoms with van der Waals surface area (Å²) in [5.41, 5.74) is 3.08. The van der Waals surface area contributed by atoms with Crippen molar-refractivity contribution in [1.29, 1.82) is 5.26 Å². The molecular weight excluding hydrogens is 350 g/mol. The predicted molar refractivity (Wildman–Crippen MR) is 112 cm³/mol. The van der Waals surface area contributed by atoms with E-state index in [4.69, 9.17) is 0 Å². The summed E-state index contributed by atoms with van der Waals surface area (Å²) in [4.78, 5) is 13.0. The van der Waals surface area contributed by atoms with Crippen LogP contribution < -0.4 is 4.90 Å². The Labute approximate surface area is 163 Å². The molecule has 28 heavy (non-hydrogen) atoms. The van der Waals surface area contributed by atoms with Crippen molar-refractivity contribution in [1.82, 2.24) is 0 Å². The van der Waals surface area contributed by atoms with Gasteiger partial charge >= 0.3 is 0 Å². The number of nitro groups is 1. The molecule has 5 nitrogen and oxygen atoms in total. The lowest BCUT2D eigenvalue weighted by Crippen LogP contribution is -2.17. The van der Waals surface area contributed by atoms with E-state index in [-0.39, 0.29) is 5.69 Å². The molecule has 0 radical (unpaired) electrons. The number of non-ortho nitro benzene ring substituents is 1. The maximum absolute atomic E-state index is 11.1. The Morgan fingerprint density at radius 1 is 1.04 bits per heavy atom. The van der Waals surface area contributed by atoms with Crippen molar-refractivity contribution in [2.75, 3.05) is 18.0 Å². The third-order valence-electron chi connectivity index (χ3n) is 5.17. The quantitative estimate of drug-likeness (QED) is 0.267. The number of hydrogen-bond donors (Lipinski definition) is 0. The average Bonchev–Trinajstić information content (AvgIpc) is 3.26. The highest BCUT2D eigenvalue weighted by Crippen LogP contribution is 2.33. The number of nitriles is 1. The van der Waals surface area contributed by atoms with E-state index in [0.29, 0.717) is 11.1 Å². The van der Waals surface area contributed by atoms with Gasteiger partial charge in [-0.25, -0.2) is 0 Å². The predicted octanol–water partition coefficient (Wildman–Crippen LogP) is 5.41.